The molecule has 6 rings (SSSR count). The van der Waals surface area contributed by atoms with E-state index in [0.717, 1.165) is 46.7 Å². The smallest absolute Gasteiger partial charge is 0.225 e. The molecule has 11 nitrogen and oxygen atoms in total. The minimum absolute atomic E-state index is 0.331. The first-order valence-electron chi connectivity index (χ1n) is 14.1. The number of fused-ring (bicyclic) bond motifs is 1. The van der Waals surface area contributed by atoms with Crippen LogP contribution < -0.4 is 14.5 Å². The molecule has 1 aromatic carbocycles. The van der Waals surface area contributed by atoms with Crippen molar-refractivity contribution >= 4 is 28.3 Å². The molecule has 0 radical (unpaired) electrons. The number of nitrogens with one attached hydrogen (secondary N) is 1. The Hall–Kier alpha value is -4.23. The first kappa shape index (κ1) is 28.9. The Balaban J connectivity index is 1.20. The Morgan fingerprint density at radius 2 is 1.51 bits per heavy atom. The number of halogens is 1. The monoisotopic (exact) mass is 602 g/mol. The Morgan fingerprint density at radius 1 is 0.837 bits per heavy atom. The van der Waals surface area contributed by atoms with E-state index < -0.39 is 21.3 Å². The summed E-state index contributed by atoms with van der Waals surface area (Å²) in [6.45, 7) is 10.6. The maximum Gasteiger partial charge on any atom is 0.225 e. The lowest BCUT2D eigenvalue weighted by atomic mass is 9.87. The molecular formula is C30H35FN10OS. The number of aryl methyl sites for hydroxylation is 1. The summed E-state index contributed by atoms with van der Waals surface area (Å²) in [5.41, 5.74) is 3.61. The molecule has 0 aliphatic carbocycles. The SMILES string of the molecule is Cn1cc(-c2cc3c(N4CCN(c5ncc([C@@](C)(NS(=O)C(C)(C)C)c6ccc(F)cc6)cn5)CC4)ncnn3c2)cn1. The summed E-state index contributed by atoms with van der Waals surface area (Å²) in [6, 6.07) is 8.31. The van der Waals surface area contributed by atoms with Gasteiger partial charge in [-0.15, -0.1) is 0 Å². The van der Waals surface area contributed by atoms with Crippen molar-refractivity contribution < 1.29 is 8.60 Å². The number of nitrogens with zero attached hydrogens (tertiary/aromatic N) is 9. The normalized spacial score (nSPS) is 16.4. The summed E-state index contributed by atoms with van der Waals surface area (Å²) in [4.78, 5) is 18.5. The van der Waals surface area contributed by atoms with E-state index in [9.17, 15) is 8.60 Å². The molecule has 0 saturated carbocycles. The predicted molar refractivity (Wildman–Crippen MR) is 166 cm³/mol. The molecule has 1 unspecified atom stereocenters. The van der Waals surface area contributed by atoms with Gasteiger partial charge in [-0.1, -0.05) is 12.1 Å². The second-order valence-corrected chi connectivity index (χ2v) is 13.9. The van der Waals surface area contributed by atoms with Gasteiger partial charge >= 0.3 is 0 Å². The highest BCUT2D eigenvalue weighted by Crippen LogP contribution is 2.32. The average molecular weight is 603 g/mol. The molecule has 1 fully saturated rings. The van der Waals surface area contributed by atoms with Crippen LogP contribution in [0, 0.1) is 5.82 Å². The third kappa shape index (κ3) is 5.74. The van der Waals surface area contributed by atoms with E-state index in [-0.39, 0.29) is 5.82 Å². The highest BCUT2D eigenvalue weighted by molar-refractivity contribution is 7.84. The molecule has 1 aliphatic rings. The van der Waals surface area contributed by atoms with E-state index in [1.165, 1.54) is 12.1 Å². The Bertz CT molecular complexity index is 1750. The molecule has 5 heterocycles. The van der Waals surface area contributed by atoms with E-state index in [1.54, 1.807) is 35.5 Å². The zero-order chi connectivity index (χ0) is 30.4. The summed E-state index contributed by atoms with van der Waals surface area (Å²) >= 11 is 0. The average Bonchev–Trinajstić information content (AvgIpc) is 3.63. The molecule has 1 N–H and O–H groups in total. The lowest BCUT2D eigenvalue weighted by Gasteiger charge is -2.36. The number of piperazine rings is 1. The zero-order valence-corrected chi connectivity index (χ0v) is 25.7. The van der Waals surface area contributed by atoms with Crippen molar-refractivity contribution in [2.75, 3.05) is 36.0 Å². The molecule has 13 heteroatoms. The van der Waals surface area contributed by atoms with Gasteiger partial charge in [-0.05, 0) is 51.5 Å². The van der Waals surface area contributed by atoms with Gasteiger partial charge in [-0.3, -0.25) is 4.68 Å². The fourth-order valence-electron chi connectivity index (χ4n) is 5.16. The predicted octanol–water partition coefficient (Wildman–Crippen LogP) is 3.70. The van der Waals surface area contributed by atoms with Crippen molar-refractivity contribution in [2.24, 2.45) is 7.05 Å². The van der Waals surface area contributed by atoms with Crippen molar-refractivity contribution in [2.45, 2.75) is 38.0 Å². The van der Waals surface area contributed by atoms with Gasteiger partial charge in [0.2, 0.25) is 5.95 Å². The number of rotatable bonds is 7. The standard InChI is InChI=1S/C30H35FN10OS/c1-29(2,3)43(42)37-30(4,23-6-8-25(31)9-7-23)24-16-32-28(33-17-24)40-12-10-39(11-13-40)27-26-14-21(19-41(26)36-20-34-27)22-15-35-38(5)18-22/h6-9,14-20,37H,10-13H2,1-5H3/t30-,43?/m0/s1. The van der Waals surface area contributed by atoms with E-state index in [0.29, 0.717) is 19.0 Å². The third-order valence-corrected chi connectivity index (χ3v) is 9.48. The lowest BCUT2D eigenvalue weighted by Crippen LogP contribution is -2.48. The van der Waals surface area contributed by atoms with Crippen molar-refractivity contribution in [3.8, 4) is 11.1 Å². The zero-order valence-electron chi connectivity index (χ0n) is 24.9. The highest BCUT2D eigenvalue weighted by Gasteiger charge is 2.35. The summed E-state index contributed by atoms with van der Waals surface area (Å²) in [5.74, 6) is 1.17. The second-order valence-electron chi connectivity index (χ2n) is 11.9. The number of hydrogen-bond acceptors (Lipinski definition) is 8. The Kier molecular flexibility index (Phi) is 7.46. The topological polar surface area (TPSA) is 109 Å². The molecule has 1 aliphatic heterocycles. The maximum atomic E-state index is 13.7. The molecule has 5 aromatic rings. The van der Waals surface area contributed by atoms with Gasteiger partial charge in [0.05, 0.1) is 27.5 Å². The highest BCUT2D eigenvalue weighted by atomic mass is 32.2. The molecule has 0 bridgehead atoms. The van der Waals surface area contributed by atoms with Gasteiger partial charge in [0.1, 0.15) is 17.7 Å². The molecule has 224 valence electrons. The number of anilines is 2. The van der Waals surface area contributed by atoms with Crippen LogP contribution in [0.4, 0.5) is 16.2 Å². The van der Waals surface area contributed by atoms with Gasteiger partial charge in [0.25, 0.3) is 0 Å². The number of benzene rings is 1. The molecule has 4 aromatic heterocycles. The van der Waals surface area contributed by atoms with Crippen molar-refractivity contribution in [1.29, 1.82) is 0 Å². The third-order valence-electron chi connectivity index (χ3n) is 7.78. The quantitative estimate of drug-likeness (QED) is 0.301. The minimum Gasteiger partial charge on any atom is -0.351 e. The van der Waals surface area contributed by atoms with Gasteiger partial charge in [0.15, 0.2) is 5.82 Å². The van der Waals surface area contributed by atoms with Crippen LogP contribution in [0.25, 0.3) is 16.6 Å². The first-order chi connectivity index (χ1) is 20.5. The molecule has 2 atom stereocenters. The number of hydrogen-bond donors (Lipinski definition) is 1. The van der Waals surface area contributed by atoms with Gasteiger partial charge in [0, 0.05) is 74.7 Å². The van der Waals surface area contributed by atoms with Crippen LogP contribution in [0.15, 0.2) is 67.6 Å². The van der Waals surface area contributed by atoms with Crippen molar-refractivity contribution in [3.63, 3.8) is 0 Å². The molecule has 43 heavy (non-hydrogen) atoms. The Morgan fingerprint density at radius 3 is 2.14 bits per heavy atom. The van der Waals surface area contributed by atoms with Crippen LogP contribution in [-0.2, 0) is 23.6 Å². The van der Waals surface area contributed by atoms with Crippen LogP contribution in [0.1, 0.15) is 38.8 Å². The summed E-state index contributed by atoms with van der Waals surface area (Å²) in [6.07, 6.45) is 10.9. The molecule has 0 amide bonds. The van der Waals surface area contributed by atoms with Gasteiger partial charge < -0.3 is 9.80 Å². The van der Waals surface area contributed by atoms with Gasteiger partial charge in [-0.2, -0.15) is 10.2 Å². The van der Waals surface area contributed by atoms with Crippen LogP contribution >= 0.6 is 0 Å². The summed E-state index contributed by atoms with van der Waals surface area (Å²) in [7, 11) is 0.505. The summed E-state index contributed by atoms with van der Waals surface area (Å²) < 4.78 is 33.3. The fourth-order valence-corrected chi connectivity index (χ4v) is 6.07. The molecule has 1 saturated heterocycles. The van der Waals surface area contributed by atoms with E-state index in [2.05, 4.69) is 35.8 Å². The van der Waals surface area contributed by atoms with E-state index in [1.807, 2.05) is 57.8 Å². The fraction of sp³-hybridized carbons (Fsp3) is 0.367. The minimum atomic E-state index is -1.40. The second kappa shape index (κ2) is 11.1. The van der Waals surface area contributed by atoms with Crippen LogP contribution in [0.5, 0.6) is 0 Å². The largest absolute Gasteiger partial charge is 0.351 e. The van der Waals surface area contributed by atoms with Gasteiger partial charge in [-0.25, -0.2) is 32.8 Å². The van der Waals surface area contributed by atoms with Crippen LogP contribution in [-0.4, -0.2) is 69.5 Å². The van der Waals surface area contributed by atoms with Crippen molar-refractivity contribution in [1.82, 2.24) is 39.1 Å². The lowest BCUT2D eigenvalue weighted by molar-refractivity contribution is 0.518. The Labute approximate surface area is 252 Å². The van der Waals surface area contributed by atoms with Crippen molar-refractivity contribution in [3.05, 3.63) is 84.6 Å². The summed E-state index contributed by atoms with van der Waals surface area (Å²) in [5, 5.41) is 8.70. The maximum absolute atomic E-state index is 13.7. The first-order valence-corrected chi connectivity index (χ1v) is 15.3. The number of aromatic nitrogens is 7. The van der Waals surface area contributed by atoms with Crippen LogP contribution in [0.2, 0.25) is 0 Å². The molecule has 0 spiro atoms. The van der Waals surface area contributed by atoms with E-state index in [4.69, 9.17) is 9.97 Å². The molecular weight excluding hydrogens is 567 g/mol. The van der Waals surface area contributed by atoms with Crippen LogP contribution in [0.3, 0.4) is 0 Å². The van der Waals surface area contributed by atoms with E-state index >= 15 is 0 Å².